The van der Waals surface area contributed by atoms with E-state index >= 15 is 0 Å². The van der Waals surface area contributed by atoms with E-state index in [1.165, 1.54) is 11.3 Å². The van der Waals surface area contributed by atoms with Crippen molar-refractivity contribution in [3.63, 3.8) is 0 Å². The maximum atomic E-state index is 12.1. The normalized spacial score (nSPS) is 10.8. The molecular weight excluding hydrogens is 322 g/mol. The van der Waals surface area contributed by atoms with Crippen LogP contribution in [0.4, 0.5) is 5.69 Å². The van der Waals surface area contributed by atoms with Crippen molar-refractivity contribution in [3.8, 4) is 0 Å². The molecule has 0 fully saturated rings. The molecule has 0 aliphatic carbocycles. The second-order valence-electron chi connectivity index (χ2n) is 5.57. The average molecular weight is 345 g/mol. The number of carbonyl (C=O) groups is 1. The Hall–Kier alpha value is -2.02. The van der Waals surface area contributed by atoms with Crippen molar-refractivity contribution < 1.29 is 9.90 Å². The van der Waals surface area contributed by atoms with Gasteiger partial charge in [-0.2, -0.15) is 0 Å². The van der Waals surface area contributed by atoms with Crippen LogP contribution in [0.5, 0.6) is 0 Å². The quantitative estimate of drug-likeness (QED) is 0.686. The van der Waals surface area contributed by atoms with E-state index in [2.05, 4.69) is 21.8 Å². The molecule has 2 aromatic rings. The summed E-state index contributed by atoms with van der Waals surface area (Å²) in [6, 6.07) is 7.71. The standard InChI is InChI=1S/C18H23N3O2S/c1-3-8-21(9-10-22)12-16-13-24-18(20-16)11-17(23)19-15-6-4-14(2)5-7-15/h3-7,13,22H,1,8-12H2,2H3,(H,19,23). The first-order valence-corrected chi connectivity index (χ1v) is 8.72. The SMILES string of the molecule is C=CCN(CCO)Cc1csc(CC(=O)Nc2ccc(C)cc2)n1. The van der Waals surface area contributed by atoms with Gasteiger partial charge < -0.3 is 10.4 Å². The molecule has 5 nitrogen and oxygen atoms in total. The number of aromatic nitrogens is 1. The van der Waals surface area contributed by atoms with Crippen molar-refractivity contribution in [1.82, 2.24) is 9.88 Å². The molecule has 2 rings (SSSR count). The Morgan fingerprint density at radius 1 is 1.42 bits per heavy atom. The third kappa shape index (κ3) is 5.88. The maximum absolute atomic E-state index is 12.1. The second kappa shape index (κ2) is 9.32. The van der Waals surface area contributed by atoms with Crippen LogP contribution in [0, 0.1) is 6.92 Å². The van der Waals surface area contributed by atoms with Crippen molar-refractivity contribution in [3.05, 3.63) is 58.6 Å². The van der Waals surface area contributed by atoms with Gasteiger partial charge >= 0.3 is 0 Å². The summed E-state index contributed by atoms with van der Waals surface area (Å²) in [5.41, 5.74) is 2.86. The first kappa shape index (κ1) is 18.3. The van der Waals surface area contributed by atoms with E-state index in [4.69, 9.17) is 5.11 Å². The lowest BCUT2D eigenvalue weighted by Crippen LogP contribution is -2.26. The molecule has 2 N–H and O–H groups in total. The fraction of sp³-hybridized carbons (Fsp3) is 0.333. The minimum Gasteiger partial charge on any atom is -0.395 e. The van der Waals surface area contributed by atoms with Crippen molar-refractivity contribution in [1.29, 1.82) is 0 Å². The van der Waals surface area contributed by atoms with Gasteiger partial charge in [0.1, 0.15) is 5.01 Å². The molecule has 24 heavy (non-hydrogen) atoms. The van der Waals surface area contributed by atoms with Gasteiger partial charge in [-0.3, -0.25) is 9.69 Å². The first-order chi connectivity index (χ1) is 11.6. The summed E-state index contributed by atoms with van der Waals surface area (Å²) in [6.45, 7) is 7.74. The Morgan fingerprint density at radius 3 is 2.83 bits per heavy atom. The smallest absolute Gasteiger partial charge is 0.231 e. The van der Waals surface area contributed by atoms with Crippen molar-refractivity contribution >= 4 is 22.9 Å². The molecule has 1 heterocycles. The van der Waals surface area contributed by atoms with Gasteiger partial charge in [0, 0.05) is 30.7 Å². The van der Waals surface area contributed by atoms with Gasteiger partial charge in [-0.15, -0.1) is 17.9 Å². The number of aryl methyl sites for hydroxylation is 1. The van der Waals surface area contributed by atoms with Crippen molar-refractivity contribution in [2.75, 3.05) is 25.0 Å². The Labute approximate surface area is 146 Å². The monoisotopic (exact) mass is 345 g/mol. The Balaban J connectivity index is 1.89. The fourth-order valence-electron chi connectivity index (χ4n) is 2.27. The van der Waals surface area contributed by atoms with Gasteiger partial charge in [-0.05, 0) is 19.1 Å². The summed E-state index contributed by atoms with van der Waals surface area (Å²) in [5.74, 6) is -0.0712. The van der Waals surface area contributed by atoms with E-state index in [1.807, 2.05) is 36.6 Å². The van der Waals surface area contributed by atoms with Gasteiger partial charge in [0.25, 0.3) is 0 Å². The Kier molecular flexibility index (Phi) is 7.11. The number of amides is 1. The molecule has 1 aromatic carbocycles. The molecule has 1 aromatic heterocycles. The molecule has 1 amide bonds. The summed E-state index contributed by atoms with van der Waals surface area (Å²) < 4.78 is 0. The van der Waals surface area contributed by atoms with E-state index in [-0.39, 0.29) is 18.9 Å². The van der Waals surface area contributed by atoms with E-state index in [9.17, 15) is 4.79 Å². The zero-order valence-electron chi connectivity index (χ0n) is 13.9. The summed E-state index contributed by atoms with van der Waals surface area (Å²) in [7, 11) is 0. The lowest BCUT2D eigenvalue weighted by molar-refractivity contribution is -0.115. The van der Waals surface area contributed by atoms with Crippen LogP contribution in [0.25, 0.3) is 0 Å². The topological polar surface area (TPSA) is 65.5 Å². The highest BCUT2D eigenvalue weighted by atomic mass is 32.1. The number of benzene rings is 1. The molecule has 0 saturated carbocycles. The average Bonchev–Trinajstić information content (AvgIpc) is 2.97. The number of anilines is 1. The lowest BCUT2D eigenvalue weighted by atomic mass is 10.2. The molecule has 6 heteroatoms. The Bertz CT molecular complexity index is 667. The van der Waals surface area contributed by atoms with Crippen LogP contribution in [0.3, 0.4) is 0 Å². The molecule has 0 bridgehead atoms. The number of aliphatic hydroxyl groups excluding tert-OH is 1. The van der Waals surface area contributed by atoms with Crippen LogP contribution in [-0.2, 0) is 17.8 Å². The molecule has 0 spiro atoms. The summed E-state index contributed by atoms with van der Waals surface area (Å²) >= 11 is 1.48. The molecule has 0 atom stereocenters. The molecule has 0 aliphatic heterocycles. The number of carbonyl (C=O) groups excluding carboxylic acids is 1. The van der Waals surface area contributed by atoms with Crippen LogP contribution in [0.15, 0.2) is 42.3 Å². The van der Waals surface area contributed by atoms with E-state index in [0.29, 0.717) is 19.6 Å². The minimum absolute atomic E-state index is 0.0712. The Morgan fingerprint density at radius 2 is 2.17 bits per heavy atom. The molecular formula is C18H23N3O2S. The zero-order valence-corrected chi connectivity index (χ0v) is 14.7. The van der Waals surface area contributed by atoms with Gasteiger partial charge in [0.2, 0.25) is 5.91 Å². The fourth-order valence-corrected chi connectivity index (χ4v) is 3.05. The largest absolute Gasteiger partial charge is 0.395 e. The van der Waals surface area contributed by atoms with Gasteiger partial charge in [0.05, 0.1) is 18.7 Å². The first-order valence-electron chi connectivity index (χ1n) is 7.84. The summed E-state index contributed by atoms with van der Waals surface area (Å²) in [4.78, 5) is 18.7. The van der Waals surface area contributed by atoms with Gasteiger partial charge in [0.15, 0.2) is 0 Å². The molecule has 0 unspecified atom stereocenters. The van der Waals surface area contributed by atoms with Gasteiger partial charge in [-0.25, -0.2) is 4.98 Å². The van der Waals surface area contributed by atoms with Crippen LogP contribution < -0.4 is 5.32 Å². The van der Waals surface area contributed by atoms with E-state index in [0.717, 1.165) is 22.0 Å². The van der Waals surface area contributed by atoms with Crippen LogP contribution in [0.2, 0.25) is 0 Å². The zero-order chi connectivity index (χ0) is 17.4. The number of hydrogen-bond acceptors (Lipinski definition) is 5. The predicted molar refractivity (Wildman–Crippen MR) is 98.2 cm³/mol. The second-order valence-corrected chi connectivity index (χ2v) is 6.51. The predicted octanol–water partition coefficient (Wildman–Crippen LogP) is 2.61. The van der Waals surface area contributed by atoms with Gasteiger partial charge in [-0.1, -0.05) is 23.8 Å². The van der Waals surface area contributed by atoms with Crippen molar-refractivity contribution in [2.24, 2.45) is 0 Å². The number of rotatable bonds is 9. The number of nitrogens with zero attached hydrogens (tertiary/aromatic N) is 2. The highest BCUT2D eigenvalue weighted by molar-refractivity contribution is 7.09. The van der Waals surface area contributed by atoms with Crippen LogP contribution in [-0.4, -0.2) is 40.6 Å². The molecule has 0 radical (unpaired) electrons. The lowest BCUT2D eigenvalue weighted by Gasteiger charge is -2.17. The maximum Gasteiger partial charge on any atom is 0.231 e. The van der Waals surface area contributed by atoms with E-state index < -0.39 is 0 Å². The summed E-state index contributed by atoms with van der Waals surface area (Å²) in [6.07, 6.45) is 2.07. The number of hydrogen-bond donors (Lipinski definition) is 2. The highest BCUT2D eigenvalue weighted by Crippen LogP contribution is 2.14. The van der Waals surface area contributed by atoms with Crippen LogP contribution in [0.1, 0.15) is 16.3 Å². The van der Waals surface area contributed by atoms with E-state index in [1.54, 1.807) is 6.08 Å². The number of thiazole rings is 1. The van der Waals surface area contributed by atoms with Crippen molar-refractivity contribution in [2.45, 2.75) is 19.9 Å². The minimum atomic E-state index is -0.0712. The highest BCUT2D eigenvalue weighted by Gasteiger charge is 2.11. The third-order valence-electron chi connectivity index (χ3n) is 3.44. The molecule has 128 valence electrons. The molecule has 0 saturated heterocycles. The number of nitrogens with one attached hydrogen (secondary N) is 1. The number of aliphatic hydroxyl groups is 1. The summed E-state index contributed by atoms with van der Waals surface area (Å²) in [5, 5.41) is 14.7. The van der Waals surface area contributed by atoms with Crippen LogP contribution >= 0.6 is 11.3 Å². The molecule has 0 aliphatic rings. The third-order valence-corrected chi connectivity index (χ3v) is 4.33.